The average molecular weight is 1510 g/mol. The fraction of sp³-hybridized carbons (Fsp3) is 0.0202. The van der Waals surface area contributed by atoms with E-state index in [0.717, 1.165) is 52.4 Å². The maximum absolute atomic E-state index is 4.86. The molecule has 23 aromatic rings. The lowest BCUT2D eigenvalue weighted by Gasteiger charge is -2.10. The minimum atomic E-state index is 0.926. The van der Waals surface area contributed by atoms with Gasteiger partial charge in [0.15, 0.2) is 0 Å². The zero-order chi connectivity index (χ0) is 74.0. The molecular formula is C99H65N9S4. The number of rotatable bonds is 8. The van der Waals surface area contributed by atoms with Crippen LogP contribution in [0.5, 0.6) is 0 Å². The topological polar surface area (TPSA) is 84.2 Å². The summed E-state index contributed by atoms with van der Waals surface area (Å²) in [7, 11) is 0. The maximum atomic E-state index is 4.86. The van der Waals surface area contributed by atoms with Gasteiger partial charge in [0.1, 0.15) is 11.6 Å². The van der Waals surface area contributed by atoms with Crippen LogP contribution >= 0.6 is 45.3 Å². The summed E-state index contributed by atoms with van der Waals surface area (Å²) in [5, 5.41) is 24.1. The lowest BCUT2D eigenvalue weighted by molar-refractivity contribution is 1.04. The summed E-state index contributed by atoms with van der Waals surface area (Å²) < 4.78 is 14.5. The quantitative estimate of drug-likeness (QED) is 0.151. The van der Waals surface area contributed by atoms with Crippen molar-refractivity contribution in [2.45, 2.75) is 12.8 Å². The third kappa shape index (κ3) is 12.0. The second kappa shape index (κ2) is 28.5. The zero-order valence-corrected chi connectivity index (χ0v) is 63.6. The van der Waals surface area contributed by atoms with Crippen molar-refractivity contribution in [1.29, 1.82) is 0 Å². The van der Waals surface area contributed by atoms with E-state index in [-0.39, 0.29) is 0 Å². The molecule has 9 nitrogen and oxygen atoms in total. The molecule has 0 aliphatic heterocycles. The molecule has 0 N–H and O–H groups in total. The summed E-state index contributed by atoms with van der Waals surface area (Å²) in [5.41, 5.74) is 21.1. The van der Waals surface area contributed by atoms with Crippen LogP contribution in [0.2, 0.25) is 0 Å². The van der Waals surface area contributed by atoms with Crippen LogP contribution in [0.25, 0.3) is 190 Å². The van der Waals surface area contributed by atoms with Gasteiger partial charge in [-0.2, -0.15) is 0 Å². The Morgan fingerprint density at radius 3 is 1.04 bits per heavy atom. The van der Waals surface area contributed by atoms with Gasteiger partial charge in [-0.05, 0) is 248 Å². The first-order chi connectivity index (χ1) is 55.5. The van der Waals surface area contributed by atoms with Gasteiger partial charge in [-0.1, -0.05) is 133 Å². The Morgan fingerprint density at radius 2 is 0.643 bits per heavy atom. The van der Waals surface area contributed by atoms with Gasteiger partial charge >= 0.3 is 0 Å². The molecule has 0 bridgehead atoms. The van der Waals surface area contributed by atoms with E-state index < -0.39 is 0 Å². The standard InChI is InChI=1S/2C25H16N2S.C25H18N2S.C24H15N3S/c1-2-7-23-20(5-1)21-15-18-12-14-28-25(18)16-24(21)27(23)19-10-8-17(9-11-19)22-6-3-4-13-26-22;1-2-6-23-21(5-1)22-14-18-11-13-28-25(18)15-24(22)27(23)20-9-7-17(8-10-20)19-4-3-12-26-16-19;1-2-6-17(7-3-1)19-10-11-25(26-16-19)27-22-9-5-4-8-20(22)21-14-18-12-13-28-24(18)15-23(21)27;1-2-6-21-19(5-1)20-12-16-9-11-28-23(16)13-22(20)27(21)24-8-7-18(15-26-24)17-4-3-10-25-14-17/h2*1-16H;2,4-16H,1,3H2;1-15H. The van der Waals surface area contributed by atoms with Gasteiger partial charge in [-0.3, -0.25) is 24.1 Å². The minimum absolute atomic E-state index is 0.926. The summed E-state index contributed by atoms with van der Waals surface area (Å²) in [4.78, 5) is 22.6. The van der Waals surface area contributed by atoms with E-state index in [1.165, 1.54) is 156 Å². The molecule has 0 radical (unpaired) electrons. The van der Waals surface area contributed by atoms with Crippen molar-refractivity contribution in [2.24, 2.45) is 0 Å². The Balaban J connectivity index is 0.0000000943. The van der Waals surface area contributed by atoms with Gasteiger partial charge in [-0.25, -0.2) is 9.97 Å². The Kier molecular flexibility index (Phi) is 16.9. The summed E-state index contributed by atoms with van der Waals surface area (Å²) in [6.07, 6.45) is 22.1. The molecule has 0 amide bonds. The predicted molar refractivity (Wildman–Crippen MR) is 476 cm³/mol. The van der Waals surface area contributed by atoms with E-state index >= 15 is 0 Å². The predicted octanol–water partition coefficient (Wildman–Crippen LogP) is 27.7. The Bertz CT molecular complexity index is 6990. The van der Waals surface area contributed by atoms with Crippen LogP contribution < -0.4 is 0 Å². The molecule has 1 aliphatic rings. The second-order valence-electron chi connectivity index (χ2n) is 28.0. The smallest absolute Gasteiger partial charge is 0.137 e. The lowest BCUT2D eigenvalue weighted by atomic mass is 10.0. The van der Waals surface area contributed by atoms with E-state index in [1.807, 2.05) is 61.3 Å². The number of hydrogen-bond donors (Lipinski definition) is 0. The van der Waals surface area contributed by atoms with Crippen molar-refractivity contribution in [3.05, 3.63) is 374 Å². The van der Waals surface area contributed by atoms with Crippen molar-refractivity contribution in [1.82, 2.24) is 43.2 Å². The first-order valence-electron chi connectivity index (χ1n) is 37.4. The van der Waals surface area contributed by atoms with Crippen LogP contribution in [0.3, 0.4) is 0 Å². The Morgan fingerprint density at radius 1 is 0.259 bits per heavy atom. The summed E-state index contributed by atoms with van der Waals surface area (Å²) in [6, 6.07) is 102. The minimum Gasteiger partial charge on any atom is -0.309 e. The van der Waals surface area contributed by atoms with E-state index in [1.54, 1.807) is 57.7 Å². The molecule has 0 atom stereocenters. The van der Waals surface area contributed by atoms with Crippen molar-refractivity contribution >= 4 is 178 Å². The highest BCUT2D eigenvalue weighted by molar-refractivity contribution is 7.18. The molecule has 112 heavy (non-hydrogen) atoms. The van der Waals surface area contributed by atoms with Gasteiger partial charge in [0, 0.05) is 133 Å². The molecule has 13 heterocycles. The highest BCUT2D eigenvalue weighted by atomic mass is 32.1. The lowest BCUT2D eigenvalue weighted by Crippen LogP contribution is -1.98. The summed E-state index contributed by atoms with van der Waals surface area (Å²) in [5.74, 6) is 1.89. The van der Waals surface area contributed by atoms with Crippen LogP contribution in [0.15, 0.2) is 368 Å². The Hall–Kier alpha value is -13.5. The molecule has 10 aromatic carbocycles. The first-order valence-corrected chi connectivity index (χ1v) is 40.9. The second-order valence-corrected chi connectivity index (χ2v) is 31.8. The largest absolute Gasteiger partial charge is 0.309 e. The number of pyridine rings is 5. The molecule has 13 heteroatoms. The first kappa shape index (κ1) is 66.7. The molecule has 24 rings (SSSR count). The van der Waals surface area contributed by atoms with Gasteiger partial charge in [0.25, 0.3) is 0 Å². The van der Waals surface area contributed by atoms with Gasteiger partial charge in [-0.15, -0.1) is 45.3 Å². The molecule has 0 spiro atoms. The summed E-state index contributed by atoms with van der Waals surface area (Å²) >= 11 is 7.15. The van der Waals surface area contributed by atoms with Gasteiger partial charge in [0.2, 0.25) is 0 Å². The van der Waals surface area contributed by atoms with Gasteiger partial charge < -0.3 is 9.13 Å². The van der Waals surface area contributed by atoms with Crippen molar-refractivity contribution in [2.75, 3.05) is 0 Å². The van der Waals surface area contributed by atoms with Crippen LogP contribution in [-0.4, -0.2) is 43.2 Å². The van der Waals surface area contributed by atoms with E-state index in [2.05, 4.69) is 328 Å². The van der Waals surface area contributed by atoms with Crippen LogP contribution in [0.1, 0.15) is 18.4 Å². The van der Waals surface area contributed by atoms with Gasteiger partial charge in [0.05, 0.1) is 49.8 Å². The molecule has 0 saturated carbocycles. The van der Waals surface area contributed by atoms with E-state index in [9.17, 15) is 0 Å². The van der Waals surface area contributed by atoms with Crippen LogP contribution in [0.4, 0.5) is 0 Å². The Labute approximate surface area is 659 Å². The monoisotopic (exact) mass is 1510 g/mol. The number of aromatic nitrogens is 9. The van der Waals surface area contributed by atoms with Crippen molar-refractivity contribution in [3.8, 4) is 56.5 Å². The number of thiophene rings is 4. The molecule has 0 unspecified atom stereocenters. The number of benzene rings is 10. The van der Waals surface area contributed by atoms with Crippen molar-refractivity contribution < 1.29 is 0 Å². The zero-order valence-electron chi connectivity index (χ0n) is 60.3. The molecule has 1 aliphatic carbocycles. The number of para-hydroxylation sites is 4. The number of fused-ring (bicyclic) bond motifs is 16. The molecular weight excluding hydrogens is 1440 g/mol. The fourth-order valence-electron chi connectivity index (χ4n) is 16.1. The van der Waals surface area contributed by atoms with E-state index in [4.69, 9.17) is 9.97 Å². The summed E-state index contributed by atoms with van der Waals surface area (Å²) in [6.45, 7) is 0. The molecule has 0 fully saturated rings. The number of hydrogen-bond acceptors (Lipinski definition) is 9. The molecule has 13 aromatic heterocycles. The normalized spacial score (nSPS) is 12.2. The highest BCUT2D eigenvalue weighted by Gasteiger charge is 2.20. The third-order valence-corrected chi connectivity index (χ3v) is 25.0. The number of nitrogens with zero attached hydrogens (tertiary/aromatic N) is 9. The van der Waals surface area contributed by atoms with Crippen LogP contribution in [0, 0.1) is 0 Å². The maximum Gasteiger partial charge on any atom is 0.137 e. The molecule has 530 valence electrons. The SMILES string of the molecule is C1=CC(c2ccc(-n3c4ccccc4c4cc5ccsc5cc43)nc2)=CCC1.c1ccc(-c2ccc(-n3c4ccccc4c4cc5ccsc5cc43)cc2)nc1.c1cncc(-c2ccc(-n3c4ccccc4c4cc5ccsc5cc43)cc2)c1.c1cncc(-c2ccc(-n3c4ccccc4c4cc5ccsc5cc43)nc2)c1. The average Bonchev–Trinajstić information content (AvgIpc) is 1.61. The highest BCUT2D eigenvalue weighted by Crippen LogP contribution is 2.42. The number of allylic oxidation sites excluding steroid dienone is 4. The molecule has 0 saturated heterocycles. The van der Waals surface area contributed by atoms with Crippen LogP contribution in [-0.2, 0) is 0 Å². The van der Waals surface area contributed by atoms with E-state index in [0.29, 0.717) is 0 Å². The van der Waals surface area contributed by atoms with Crippen molar-refractivity contribution in [3.63, 3.8) is 0 Å². The third-order valence-electron chi connectivity index (χ3n) is 21.5. The fourth-order valence-corrected chi connectivity index (χ4v) is 19.4.